The van der Waals surface area contributed by atoms with Crippen LogP contribution in [0.1, 0.15) is 330 Å². The highest BCUT2D eigenvalue weighted by Crippen LogP contribution is 2.45. The number of ether oxygens (including phenoxy) is 4. The standard InChI is InChI=1S/C66H128O17P2/c1-7-9-11-13-15-17-18-19-20-21-24-32-38-44-50-65(70)82-62(55-77-64(69)49-43-37-31-25-22-23-28-34-40-46-58(3)4)57-81-85(74,75)79-53-60(67)52-78-84(72,73)80-56-61(54-76-63(68)48-42-36-30-16-14-12-10-8-2)83-66(71)51-45-39-33-27-26-29-35-41-47-59(5)6/h58-62,67H,7-57H2,1-6H3,(H,72,73)(H,74,75)/t60-,61+,62+/m0/s1. The summed E-state index contributed by atoms with van der Waals surface area (Å²) in [5, 5.41) is 10.5. The summed E-state index contributed by atoms with van der Waals surface area (Å²) in [4.78, 5) is 72.3. The maximum absolute atomic E-state index is 13.0. The van der Waals surface area contributed by atoms with Crippen molar-refractivity contribution in [2.75, 3.05) is 39.6 Å². The summed E-state index contributed by atoms with van der Waals surface area (Å²) < 4.78 is 68.0. The smallest absolute Gasteiger partial charge is 0.462 e. The Bertz CT molecular complexity index is 1670. The average Bonchev–Trinajstić information content (AvgIpc) is 3.60. The fourth-order valence-corrected chi connectivity index (χ4v) is 11.5. The zero-order chi connectivity index (χ0) is 62.9. The Labute approximate surface area is 517 Å². The van der Waals surface area contributed by atoms with E-state index in [1.54, 1.807) is 0 Å². The van der Waals surface area contributed by atoms with Gasteiger partial charge in [0, 0.05) is 25.7 Å². The Hall–Kier alpha value is -1.94. The third kappa shape index (κ3) is 60.7. The lowest BCUT2D eigenvalue weighted by Gasteiger charge is -2.21. The van der Waals surface area contributed by atoms with Crippen molar-refractivity contribution >= 4 is 39.5 Å². The monoisotopic (exact) mass is 1250 g/mol. The first-order valence-electron chi connectivity index (χ1n) is 34.5. The maximum atomic E-state index is 13.0. The van der Waals surface area contributed by atoms with Crippen LogP contribution in [0.2, 0.25) is 0 Å². The van der Waals surface area contributed by atoms with E-state index in [-0.39, 0.29) is 25.7 Å². The molecule has 0 aliphatic heterocycles. The van der Waals surface area contributed by atoms with Crippen LogP contribution < -0.4 is 0 Å². The summed E-state index contributed by atoms with van der Waals surface area (Å²) in [6.45, 7) is 9.43. The predicted octanol–water partition coefficient (Wildman–Crippen LogP) is 18.4. The molecule has 0 aliphatic carbocycles. The van der Waals surface area contributed by atoms with Crippen LogP contribution in [-0.4, -0.2) is 96.7 Å². The SMILES string of the molecule is CCCCCCCCCCCCCCCCC(=O)O[C@H](COC(=O)CCCCCCCCCCCC(C)C)COP(=O)(O)OC[C@@H](O)COP(=O)(O)OC[C@@H](COC(=O)CCCCCCCCCC)OC(=O)CCCCCCCCCCC(C)C. The Morgan fingerprint density at radius 2 is 0.541 bits per heavy atom. The molecule has 0 fully saturated rings. The second-order valence-corrected chi connectivity index (χ2v) is 27.7. The van der Waals surface area contributed by atoms with E-state index in [0.29, 0.717) is 25.7 Å². The van der Waals surface area contributed by atoms with Crippen molar-refractivity contribution in [3.63, 3.8) is 0 Å². The number of hydrogen-bond acceptors (Lipinski definition) is 15. The van der Waals surface area contributed by atoms with Gasteiger partial charge in [0.15, 0.2) is 12.2 Å². The molecule has 0 radical (unpaired) electrons. The number of carbonyl (C=O) groups is 4. The lowest BCUT2D eigenvalue weighted by molar-refractivity contribution is -0.161. The third-order valence-electron chi connectivity index (χ3n) is 15.2. The highest BCUT2D eigenvalue weighted by molar-refractivity contribution is 7.47. The minimum absolute atomic E-state index is 0.104. The summed E-state index contributed by atoms with van der Waals surface area (Å²) in [5.41, 5.74) is 0. The molecule has 0 aliphatic rings. The normalized spacial score (nSPS) is 14.2. The maximum Gasteiger partial charge on any atom is 0.472 e. The van der Waals surface area contributed by atoms with Gasteiger partial charge in [-0.2, -0.15) is 0 Å². The number of phosphoric acid groups is 2. The van der Waals surface area contributed by atoms with Gasteiger partial charge in [-0.3, -0.25) is 37.3 Å². The van der Waals surface area contributed by atoms with Gasteiger partial charge in [0.2, 0.25) is 0 Å². The number of unbranched alkanes of at least 4 members (excludes halogenated alkanes) is 35. The van der Waals surface area contributed by atoms with Crippen LogP contribution in [0.15, 0.2) is 0 Å². The molecule has 504 valence electrons. The molecule has 0 aromatic rings. The van der Waals surface area contributed by atoms with E-state index in [1.807, 2.05) is 0 Å². The highest BCUT2D eigenvalue weighted by atomic mass is 31.2. The number of carbonyl (C=O) groups excluding carboxylic acids is 4. The molecule has 17 nitrogen and oxygen atoms in total. The van der Waals surface area contributed by atoms with Crippen molar-refractivity contribution in [3.05, 3.63) is 0 Å². The quantitative estimate of drug-likeness (QED) is 0.0222. The minimum Gasteiger partial charge on any atom is -0.462 e. The molecule has 0 aromatic heterocycles. The van der Waals surface area contributed by atoms with Gasteiger partial charge in [-0.25, -0.2) is 9.13 Å². The average molecular weight is 1260 g/mol. The summed E-state index contributed by atoms with van der Waals surface area (Å²) >= 11 is 0. The third-order valence-corrected chi connectivity index (χ3v) is 17.1. The van der Waals surface area contributed by atoms with Crippen LogP contribution in [0, 0.1) is 11.8 Å². The molecule has 0 rings (SSSR count). The van der Waals surface area contributed by atoms with E-state index < -0.39 is 97.5 Å². The van der Waals surface area contributed by atoms with E-state index in [4.69, 9.17) is 37.0 Å². The highest BCUT2D eigenvalue weighted by Gasteiger charge is 2.30. The minimum atomic E-state index is -4.95. The van der Waals surface area contributed by atoms with Gasteiger partial charge in [-0.05, 0) is 37.5 Å². The van der Waals surface area contributed by atoms with Crippen molar-refractivity contribution < 1.29 is 80.2 Å². The summed E-state index contributed by atoms with van der Waals surface area (Å²) in [6.07, 6.45) is 41.7. The number of phosphoric ester groups is 2. The van der Waals surface area contributed by atoms with E-state index in [1.165, 1.54) is 141 Å². The fourth-order valence-electron chi connectivity index (χ4n) is 9.88. The number of rotatable bonds is 65. The molecule has 0 saturated carbocycles. The molecule has 3 N–H and O–H groups in total. The molecule has 0 aromatic carbocycles. The van der Waals surface area contributed by atoms with Gasteiger partial charge in [-0.15, -0.1) is 0 Å². The zero-order valence-electron chi connectivity index (χ0n) is 54.9. The van der Waals surface area contributed by atoms with Crippen LogP contribution >= 0.6 is 15.6 Å². The van der Waals surface area contributed by atoms with Gasteiger partial charge >= 0.3 is 39.5 Å². The van der Waals surface area contributed by atoms with Crippen molar-refractivity contribution in [3.8, 4) is 0 Å². The van der Waals surface area contributed by atoms with E-state index >= 15 is 0 Å². The van der Waals surface area contributed by atoms with E-state index in [2.05, 4.69) is 41.5 Å². The van der Waals surface area contributed by atoms with Crippen molar-refractivity contribution in [2.45, 2.75) is 349 Å². The molecule has 0 saturated heterocycles. The number of esters is 4. The lowest BCUT2D eigenvalue weighted by atomic mass is 10.0. The number of hydrogen-bond donors (Lipinski definition) is 3. The first-order valence-corrected chi connectivity index (χ1v) is 37.5. The summed E-state index contributed by atoms with van der Waals surface area (Å²) in [7, 11) is -9.89. The molecular weight excluding hydrogens is 1130 g/mol. The van der Waals surface area contributed by atoms with Crippen LogP contribution in [-0.2, 0) is 65.4 Å². The summed E-state index contributed by atoms with van der Waals surface area (Å²) in [6, 6.07) is 0. The Balaban J connectivity index is 5.23. The van der Waals surface area contributed by atoms with Gasteiger partial charge < -0.3 is 33.8 Å². The lowest BCUT2D eigenvalue weighted by Crippen LogP contribution is -2.30. The van der Waals surface area contributed by atoms with E-state index in [0.717, 1.165) is 108 Å². The van der Waals surface area contributed by atoms with Crippen LogP contribution in [0.25, 0.3) is 0 Å². The van der Waals surface area contributed by atoms with Crippen LogP contribution in [0.3, 0.4) is 0 Å². The molecule has 85 heavy (non-hydrogen) atoms. The second kappa shape index (κ2) is 58.4. The Kier molecular flexibility index (Phi) is 57.1. The molecule has 0 spiro atoms. The van der Waals surface area contributed by atoms with Crippen LogP contribution in [0.4, 0.5) is 0 Å². The largest absolute Gasteiger partial charge is 0.472 e. The Morgan fingerprint density at radius 1 is 0.318 bits per heavy atom. The van der Waals surface area contributed by atoms with Gasteiger partial charge in [0.1, 0.15) is 19.3 Å². The summed E-state index contributed by atoms with van der Waals surface area (Å²) in [5.74, 6) is -0.670. The molecule has 5 atom stereocenters. The number of aliphatic hydroxyl groups is 1. The van der Waals surface area contributed by atoms with Crippen molar-refractivity contribution in [2.24, 2.45) is 11.8 Å². The first kappa shape index (κ1) is 83.1. The molecular formula is C66H128O17P2. The van der Waals surface area contributed by atoms with Crippen LogP contribution in [0.5, 0.6) is 0 Å². The molecule has 0 bridgehead atoms. The first-order chi connectivity index (χ1) is 40.9. The number of aliphatic hydroxyl groups excluding tert-OH is 1. The second-order valence-electron chi connectivity index (χ2n) is 24.8. The van der Waals surface area contributed by atoms with Crippen molar-refractivity contribution in [1.82, 2.24) is 0 Å². The van der Waals surface area contributed by atoms with Gasteiger partial charge in [0.25, 0.3) is 0 Å². The Morgan fingerprint density at radius 3 is 0.800 bits per heavy atom. The fraction of sp³-hybridized carbons (Fsp3) is 0.939. The van der Waals surface area contributed by atoms with Crippen molar-refractivity contribution in [1.29, 1.82) is 0 Å². The van der Waals surface area contributed by atoms with E-state index in [9.17, 15) is 43.2 Å². The zero-order valence-corrected chi connectivity index (χ0v) is 56.7. The predicted molar refractivity (Wildman–Crippen MR) is 340 cm³/mol. The van der Waals surface area contributed by atoms with Gasteiger partial charge in [-0.1, -0.05) is 279 Å². The molecule has 19 heteroatoms. The topological polar surface area (TPSA) is 237 Å². The molecule has 0 amide bonds. The molecule has 2 unspecified atom stereocenters. The molecule has 0 heterocycles. The van der Waals surface area contributed by atoms with Gasteiger partial charge in [0.05, 0.1) is 26.4 Å².